The Bertz CT molecular complexity index is 513. The van der Waals surface area contributed by atoms with Crippen molar-refractivity contribution in [1.29, 1.82) is 0 Å². The third kappa shape index (κ3) is 2.26. The second-order valence-corrected chi connectivity index (χ2v) is 4.64. The van der Waals surface area contributed by atoms with E-state index < -0.39 is 0 Å². The molecule has 0 spiro atoms. The maximum Gasteiger partial charge on any atom is 0.258 e. The summed E-state index contributed by atoms with van der Waals surface area (Å²) in [4.78, 5) is 4.17. The number of aromatic nitrogens is 2. The minimum atomic E-state index is -0.247. The number of hydrogen-bond donors (Lipinski definition) is 1. The van der Waals surface area contributed by atoms with Crippen LogP contribution in [-0.2, 0) is 0 Å². The highest BCUT2D eigenvalue weighted by Gasteiger charge is 2.12. The first-order valence-electron chi connectivity index (χ1n) is 4.62. The van der Waals surface area contributed by atoms with Gasteiger partial charge in [-0.3, -0.25) is 0 Å². The van der Waals surface area contributed by atoms with Crippen molar-refractivity contribution in [1.82, 2.24) is 10.1 Å². The molecule has 1 aromatic carbocycles. The summed E-state index contributed by atoms with van der Waals surface area (Å²) in [5.41, 5.74) is 6.41. The van der Waals surface area contributed by atoms with E-state index in [-0.39, 0.29) is 6.04 Å². The Morgan fingerprint density at radius 1 is 1.50 bits per heavy atom. The summed E-state index contributed by atoms with van der Waals surface area (Å²) < 4.78 is 5.92. The van der Waals surface area contributed by atoms with Crippen molar-refractivity contribution in [3.8, 4) is 11.5 Å². The van der Waals surface area contributed by atoms with Crippen molar-refractivity contribution in [2.24, 2.45) is 5.73 Å². The molecular formula is C10H9BrClN3O. The molecule has 16 heavy (non-hydrogen) atoms. The van der Waals surface area contributed by atoms with Gasteiger partial charge in [0.2, 0.25) is 0 Å². The van der Waals surface area contributed by atoms with Crippen molar-refractivity contribution < 1.29 is 4.52 Å². The molecule has 0 radical (unpaired) electrons. The zero-order valence-electron chi connectivity index (χ0n) is 8.45. The lowest BCUT2D eigenvalue weighted by Crippen LogP contribution is -2.06. The van der Waals surface area contributed by atoms with Crippen molar-refractivity contribution in [3.63, 3.8) is 0 Å². The number of nitrogens with two attached hydrogens (primary N) is 1. The van der Waals surface area contributed by atoms with Crippen molar-refractivity contribution >= 4 is 27.5 Å². The Kier molecular flexibility index (Phi) is 3.28. The maximum atomic E-state index is 5.97. The minimum Gasteiger partial charge on any atom is -0.334 e. The van der Waals surface area contributed by atoms with Crippen LogP contribution >= 0.6 is 27.5 Å². The SMILES string of the molecule is CC(N)c1noc(-c2ccc(Br)c(Cl)c2)n1. The van der Waals surface area contributed by atoms with E-state index in [2.05, 4.69) is 26.1 Å². The van der Waals surface area contributed by atoms with E-state index in [1.807, 2.05) is 12.1 Å². The second kappa shape index (κ2) is 4.53. The number of benzene rings is 1. The Morgan fingerprint density at radius 3 is 2.81 bits per heavy atom. The fraction of sp³-hybridized carbons (Fsp3) is 0.200. The van der Waals surface area contributed by atoms with Crippen LogP contribution in [0.5, 0.6) is 0 Å². The number of halogens is 2. The number of rotatable bonds is 2. The van der Waals surface area contributed by atoms with Crippen molar-refractivity contribution in [2.75, 3.05) is 0 Å². The highest BCUT2D eigenvalue weighted by molar-refractivity contribution is 9.10. The molecule has 0 bridgehead atoms. The molecule has 2 rings (SSSR count). The molecule has 1 atom stereocenters. The van der Waals surface area contributed by atoms with E-state index in [1.165, 1.54) is 0 Å². The predicted octanol–water partition coefficient (Wildman–Crippen LogP) is 3.17. The van der Waals surface area contributed by atoms with Crippen LogP contribution in [-0.4, -0.2) is 10.1 Å². The van der Waals surface area contributed by atoms with E-state index in [1.54, 1.807) is 13.0 Å². The topological polar surface area (TPSA) is 64.9 Å². The fourth-order valence-corrected chi connectivity index (χ4v) is 1.59. The van der Waals surface area contributed by atoms with Gasteiger partial charge in [0.15, 0.2) is 5.82 Å². The molecule has 1 heterocycles. The first kappa shape index (κ1) is 11.6. The van der Waals surface area contributed by atoms with Gasteiger partial charge in [0.1, 0.15) is 0 Å². The Hall–Kier alpha value is -0.910. The molecule has 1 unspecified atom stereocenters. The zero-order valence-corrected chi connectivity index (χ0v) is 10.8. The summed E-state index contributed by atoms with van der Waals surface area (Å²) in [6, 6.07) is 5.18. The van der Waals surface area contributed by atoms with Crippen LogP contribution in [0, 0.1) is 0 Å². The Balaban J connectivity index is 2.39. The lowest BCUT2D eigenvalue weighted by atomic mass is 10.2. The second-order valence-electron chi connectivity index (χ2n) is 3.38. The lowest BCUT2D eigenvalue weighted by molar-refractivity contribution is 0.418. The highest BCUT2D eigenvalue weighted by atomic mass is 79.9. The smallest absolute Gasteiger partial charge is 0.258 e. The minimum absolute atomic E-state index is 0.247. The molecule has 2 aromatic rings. The van der Waals surface area contributed by atoms with Crippen LogP contribution in [0.4, 0.5) is 0 Å². The Morgan fingerprint density at radius 2 is 2.25 bits per heavy atom. The average molecular weight is 303 g/mol. The number of hydrogen-bond acceptors (Lipinski definition) is 4. The molecule has 4 nitrogen and oxygen atoms in total. The van der Waals surface area contributed by atoms with Gasteiger partial charge in [-0.25, -0.2) is 0 Å². The van der Waals surface area contributed by atoms with Crippen molar-refractivity contribution in [3.05, 3.63) is 33.5 Å². The van der Waals surface area contributed by atoms with Gasteiger partial charge in [0.25, 0.3) is 5.89 Å². The average Bonchev–Trinajstić information content (AvgIpc) is 2.71. The van der Waals surface area contributed by atoms with Crippen LogP contribution in [0.2, 0.25) is 5.02 Å². The largest absolute Gasteiger partial charge is 0.334 e. The van der Waals surface area contributed by atoms with Gasteiger partial charge in [-0.2, -0.15) is 4.98 Å². The molecule has 2 N–H and O–H groups in total. The third-order valence-electron chi connectivity index (χ3n) is 2.02. The summed E-state index contributed by atoms with van der Waals surface area (Å²) in [6.45, 7) is 1.79. The molecule has 0 fully saturated rings. The molecule has 0 aliphatic carbocycles. The quantitative estimate of drug-likeness (QED) is 0.925. The van der Waals surface area contributed by atoms with Gasteiger partial charge in [-0.05, 0) is 41.1 Å². The monoisotopic (exact) mass is 301 g/mol. The van der Waals surface area contributed by atoms with Crippen LogP contribution in [0.15, 0.2) is 27.2 Å². The summed E-state index contributed by atoms with van der Waals surface area (Å²) >= 11 is 9.28. The van der Waals surface area contributed by atoms with Gasteiger partial charge >= 0.3 is 0 Å². The molecular weight excluding hydrogens is 293 g/mol. The van der Waals surface area contributed by atoms with E-state index in [0.717, 1.165) is 10.0 Å². The summed E-state index contributed by atoms with van der Waals surface area (Å²) in [6.07, 6.45) is 0. The van der Waals surface area contributed by atoms with Gasteiger partial charge in [0, 0.05) is 10.0 Å². The van der Waals surface area contributed by atoms with Crippen LogP contribution in [0.3, 0.4) is 0 Å². The molecule has 0 aliphatic rings. The van der Waals surface area contributed by atoms with Crippen molar-refractivity contribution in [2.45, 2.75) is 13.0 Å². The van der Waals surface area contributed by atoms with E-state index in [0.29, 0.717) is 16.7 Å². The zero-order chi connectivity index (χ0) is 11.7. The standard InChI is InChI=1S/C10H9BrClN3O/c1-5(13)9-14-10(16-15-9)6-2-3-7(11)8(12)4-6/h2-5H,13H2,1H3. The maximum absolute atomic E-state index is 5.97. The van der Waals surface area contributed by atoms with Gasteiger partial charge in [-0.1, -0.05) is 16.8 Å². The number of nitrogens with zero attached hydrogens (tertiary/aromatic N) is 2. The highest BCUT2D eigenvalue weighted by Crippen LogP contribution is 2.28. The first-order valence-corrected chi connectivity index (χ1v) is 5.79. The first-order chi connectivity index (χ1) is 7.58. The molecule has 84 valence electrons. The van der Waals surface area contributed by atoms with E-state index in [4.69, 9.17) is 21.9 Å². The fourth-order valence-electron chi connectivity index (χ4n) is 1.17. The van der Waals surface area contributed by atoms with Gasteiger partial charge in [0.05, 0.1) is 11.1 Å². The van der Waals surface area contributed by atoms with Crippen LogP contribution in [0.25, 0.3) is 11.5 Å². The van der Waals surface area contributed by atoms with Gasteiger partial charge < -0.3 is 10.3 Å². The lowest BCUT2D eigenvalue weighted by Gasteiger charge is -1.97. The third-order valence-corrected chi connectivity index (χ3v) is 3.25. The van der Waals surface area contributed by atoms with Gasteiger partial charge in [-0.15, -0.1) is 0 Å². The normalized spacial score (nSPS) is 12.8. The molecule has 1 aromatic heterocycles. The molecule has 0 amide bonds. The van der Waals surface area contributed by atoms with E-state index >= 15 is 0 Å². The van der Waals surface area contributed by atoms with Crippen LogP contribution in [0.1, 0.15) is 18.8 Å². The molecule has 0 saturated heterocycles. The predicted molar refractivity (Wildman–Crippen MR) is 65.0 cm³/mol. The van der Waals surface area contributed by atoms with Crippen LogP contribution < -0.4 is 5.73 Å². The summed E-state index contributed by atoms with van der Waals surface area (Å²) in [5, 5.41) is 4.37. The Labute approximate surface area is 106 Å². The molecule has 6 heteroatoms. The molecule has 0 aliphatic heterocycles. The summed E-state index contributed by atoms with van der Waals surface area (Å²) in [5.74, 6) is 0.899. The summed E-state index contributed by atoms with van der Waals surface area (Å²) in [7, 11) is 0. The molecule has 0 saturated carbocycles. The van der Waals surface area contributed by atoms with E-state index in [9.17, 15) is 0 Å².